The highest BCUT2D eigenvalue weighted by molar-refractivity contribution is 5.46. The zero-order valence-corrected chi connectivity index (χ0v) is 14.2. The van der Waals surface area contributed by atoms with Gasteiger partial charge in [0.2, 0.25) is 0 Å². The third-order valence-electron chi connectivity index (χ3n) is 4.22. The van der Waals surface area contributed by atoms with Crippen LogP contribution in [0.1, 0.15) is 18.7 Å². The van der Waals surface area contributed by atoms with Crippen LogP contribution < -0.4 is 14.4 Å². The van der Waals surface area contributed by atoms with Gasteiger partial charge in [-0.1, -0.05) is 0 Å². The topological polar surface area (TPSA) is 90.6 Å². The SMILES string of the molecule is COc1cnc(OC2CCCN(c3ccc4nnc(C)n4n3)C2)nc1. The molecule has 4 heterocycles. The molecule has 1 unspecified atom stereocenters. The number of rotatable bonds is 4. The summed E-state index contributed by atoms with van der Waals surface area (Å²) >= 11 is 0. The molecule has 9 nitrogen and oxygen atoms in total. The van der Waals surface area contributed by atoms with Crippen LogP contribution in [0.3, 0.4) is 0 Å². The predicted molar refractivity (Wildman–Crippen MR) is 90.0 cm³/mol. The molecule has 1 aliphatic heterocycles. The standard InChI is InChI=1S/C16H19N7O2/c1-11-19-20-14-5-6-15(21-23(11)14)22-7-3-4-12(10-22)25-16-17-8-13(24-2)9-18-16/h5-6,8-9,12H,3-4,7,10H2,1-2H3. The van der Waals surface area contributed by atoms with Crippen LogP contribution in [0.25, 0.3) is 5.65 Å². The van der Waals surface area contributed by atoms with E-state index in [9.17, 15) is 0 Å². The van der Waals surface area contributed by atoms with E-state index in [0.29, 0.717) is 11.8 Å². The second-order valence-electron chi connectivity index (χ2n) is 5.94. The number of anilines is 1. The van der Waals surface area contributed by atoms with E-state index in [-0.39, 0.29) is 6.10 Å². The zero-order valence-electron chi connectivity index (χ0n) is 14.2. The second-order valence-corrected chi connectivity index (χ2v) is 5.94. The number of fused-ring (bicyclic) bond motifs is 1. The molecule has 9 heteroatoms. The van der Waals surface area contributed by atoms with Crippen LogP contribution in [-0.4, -0.2) is 56.1 Å². The Hall–Kier alpha value is -2.97. The molecule has 25 heavy (non-hydrogen) atoms. The molecule has 0 saturated carbocycles. The van der Waals surface area contributed by atoms with Crippen LogP contribution in [0, 0.1) is 6.92 Å². The molecule has 0 N–H and O–H groups in total. The summed E-state index contributed by atoms with van der Waals surface area (Å²) in [6.07, 6.45) is 5.20. The molecule has 1 aliphatic rings. The van der Waals surface area contributed by atoms with Crippen molar-refractivity contribution in [2.24, 2.45) is 0 Å². The smallest absolute Gasteiger partial charge is 0.316 e. The molecule has 1 saturated heterocycles. The van der Waals surface area contributed by atoms with E-state index in [4.69, 9.17) is 9.47 Å². The summed E-state index contributed by atoms with van der Waals surface area (Å²) in [5.74, 6) is 2.27. The molecule has 0 bridgehead atoms. The lowest BCUT2D eigenvalue weighted by molar-refractivity contribution is 0.163. The minimum absolute atomic E-state index is 0.0154. The van der Waals surface area contributed by atoms with Gasteiger partial charge in [0.1, 0.15) is 11.9 Å². The van der Waals surface area contributed by atoms with Gasteiger partial charge in [0.25, 0.3) is 0 Å². The first-order chi connectivity index (χ1) is 12.2. The van der Waals surface area contributed by atoms with Crippen molar-refractivity contribution in [1.29, 1.82) is 0 Å². The van der Waals surface area contributed by atoms with Gasteiger partial charge in [0.15, 0.2) is 17.2 Å². The van der Waals surface area contributed by atoms with E-state index in [0.717, 1.165) is 43.2 Å². The molecule has 4 rings (SSSR count). The summed E-state index contributed by atoms with van der Waals surface area (Å²) in [5, 5.41) is 12.8. The largest absolute Gasteiger partial charge is 0.494 e. The highest BCUT2D eigenvalue weighted by atomic mass is 16.5. The van der Waals surface area contributed by atoms with Gasteiger partial charge >= 0.3 is 6.01 Å². The van der Waals surface area contributed by atoms with E-state index in [2.05, 4.69) is 30.2 Å². The van der Waals surface area contributed by atoms with Crippen molar-refractivity contribution in [3.05, 3.63) is 30.4 Å². The molecular weight excluding hydrogens is 322 g/mol. The van der Waals surface area contributed by atoms with Gasteiger partial charge in [0.05, 0.1) is 26.0 Å². The normalized spacial score (nSPS) is 17.7. The van der Waals surface area contributed by atoms with Gasteiger partial charge in [-0.3, -0.25) is 0 Å². The van der Waals surface area contributed by atoms with Gasteiger partial charge in [-0.2, -0.15) is 14.5 Å². The Labute approximate surface area is 144 Å². The minimum atomic E-state index is 0.0154. The summed E-state index contributed by atoms with van der Waals surface area (Å²) in [6, 6.07) is 4.26. The molecule has 1 atom stereocenters. The average Bonchev–Trinajstić information content (AvgIpc) is 3.03. The molecule has 0 radical (unpaired) electrons. The number of piperidine rings is 1. The Kier molecular flexibility index (Phi) is 4.04. The quantitative estimate of drug-likeness (QED) is 0.701. The number of nitrogens with zero attached hydrogens (tertiary/aromatic N) is 7. The lowest BCUT2D eigenvalue weighted by Gasteiger charge is -2.32. The van der Waals surface area contributed by atoms with Crippen molar-refractivity contribution in [2.45, 2.75) is 25.9 Å². The van der Waals surface area contributed by atoms with Gasteiger partial charge in [-0.05, 0) is 31.9 Å². The van der Waals surface area contributed by atoms with Crippen LogP contribution in [-0.2, 0) is 0 Å². The van der Waals surface area contributed by atoms with E-state index in [1.807, 2.05) is 19.1 Å². The first-order valence-corrected chi connectivity index (χ1v) is 8.19. The monoisotopic (exact) mass is 341 g/mol. The third-order valence-corrected chi connectivity index (χ3v) is 4.22. The van der Waals surface area contributed by atoms with Crippen LogP contribution in [0.15, 0.2) is 24.5 Å². The molecule has 130 valence electrons. The van der Waals surface area contributed by atoms with E-state index < -0.39 is 0 Å². The number of ether oxygens (including phenoxy) is 2. The summed E-state index contributed by atoms with van der Waals surface area (Å²) < 4.78 is 12.7. The van der Waals surface area contributed by atoms with Crippen LogP contribution in [0.2, 0.25) is 0 Å². The lowest BCUT2D eigenvalue weighted by Crippen LogP contribution is -2.42. The molecule has 0 aliphatic carbocycles. The van der Waals surface area contributed by atoms with Crippen LogP contribution >= 0.6 is 0 Å². The molecule has 0 aromatic carbocycles. The van der Waals surface area contributed by atoms with Gasteiger partial charge in [-0.15, -0.1) is 15.3 Å². The van der Waals surface area contributed by atoms with Crippen molar-refractivity contribution < 1.29 is 9.47 Å². The Balaban J connectivity index is 1.48. The van der Waals surface area contributed by atoms with Crippen LogP contribution in [0.4, 0.5) is 5.82 Å². The Morgan fingerprint density at radius 3 is 2.80 bits per heavy atom. The van der Waals surface area contributed by atoms with Gasteiger partial charge < -0.3 is 14.4 Å². The fraction of sp³-hybridized carbons (Fsp3) is 0.438. The number of hydrogen-bond acceptors (Lipinski definition) is 8. The van der Waals surface area contributed by atoms with Crippen molar-refractivity contribution >= 4 is 11.5 Å². The maximum Gasteiger partial charge on any atom is 0.316 e. The van der Waals surface area contributed by atoms with Crippen molar-refractivity contribution in [3.63, 3.8) is 0 Å². The number of hydrogen-bond donors (Lipinski definition) is 0. The fourth-order valence-corrected chi connectivity index (χ4v) is 2.92. The lowest BCUT2D eigenvalue weighted by atomic mass is 10.1. The van der Waals surface area contributed by atoms with Crippen molar-refractivity contribution in [1.82, 2.24) is 29.8 Å². The number of aromatic nitrogens is 6. The third kappa shape index (κ3) is 3.17. The molecule has 0 spiro atoms. The highest BCUT2D eigenvalue weighted by Crippen LogP contribution is 2.21. The number of methoxy groups -OCH3 is 1. The summed E-state index contributed by atoms with van der Waals surface area (Å²) in [6.45, 7) is 3.55. The highest BCUT2D eigenvalue weighted by Gasteiger charge is 2.23. The van der Waals surface area contributed by atoms with E-state index in [1.165, 1.54) is 0 Å². The molecule has 0 amide bonds. The summed E-state index contributed by atoms with van der Waals surface area (Å²) in [5.41, 5.74) is 0.748. The molecule has 3 aromatic heterocycles. The Bertz CT molecular complexity index is 865. The molecule has 1 fully saturated rings. The molecular formula is C16H19N7O2. The second kappa shape index (κ2) is 6.50. The zero-order chi connectivity index (χ0) is 17.2. The van der Waals surface area contributed by atoms with E-state index >= 15 is 0 Å². The first-order valence-electron chi connectivity index (χ1n) is 8.19. The average molecular weight is 341 g/mol. The fourth-order valence-electron chi connectivity index (χ4n) is 2.92. The number of aryl methyl sites for hydroxylation is 1. The van der Waals surface area contributed by atoms with Crippen LogP contribution in [0.5, 0.6) is 11.8 Å². The molecule has 3 aromatic rings. The Morgan fingerprint density at radius 1 is 1.16 bits per heavy atom. The Morgan fingerprint density at radius 2 is 2.00 bits per heavy atom. The van der Waals surface area contributed by atoms with Gasteiger partial charge in [-0.25, -0.2) is 0 Å². The maximum atomic E-state index is 5.92. The minimum Gasteiger partial charge on any atom is -0.494 e. The maximum absolute atomic E-state index is 5.92. The van der Waals surface area contributed by atoms with Crippen molar-refractivity contribution in [3.8, 4) is 11.8 Å². The van der Waals surface area contributed by atoms with Crippen molar-refractivity contribution in [2.75, 3.05) is 25.1 Å². The first kappa shape index (κ1) is 15.6. The summed E-state index contributed by atoms with van der Waals surface area (Å²) in [7, 11) is 1.58. The summed E-state index contributed by atoms with van der Waals surface area (Å²) in [4.78, 5) is 10.6. The predicted octanol–water partition coefficient (Wildman–Crippen LogP) is 1.28. The van der Waals surface area contributed by atoms with E-state index in [1.54, 1.807) is 24.0 Å². The van der Waals surface area contributed by atoms with Gasteiger partial charge in [0, 0.05) is 6.54 Å².